The van der Waals surface area contributed by atoms with E-state index in [-0.39, 0.29) is 5.78 Å². The fourth-order valence-electron chi connectivity index (χ4n) is 3.56. The lowest BCUT2D eigenvalue weighted by Gasteiger charge is -2.35. The van der Waals surface area contributed by atoms with Crippen molar-refractivity contribution in [2.45, 2.75) is 25.3 Å². The number of hydrogen-bond acceptors (Lipinski definition) is 5. The van der Waals surface area contributed by atoms with Crippen LogP contribution in [-0.2, 0) is 0 Å². The summed E-state index contributed by atoms with van der Waals surface area (Å²) < 4.78 is 0. The number of nitrogens with zero attached hydrogens (tertiary/aromatic N) is 3. The zero-order valence-corrected chi connectivity index (χ0v) is 15.7. The number of anilines is 1. The molecule has 134 valence electrons. The molecule has 2 heterocycles. The molecule has 1 aliphatic heterocycles. The summed E-state index contributed by atoms with van der Waals surface area (Å²) in [5.41, 5.74) is 2.32. The molecule has 1 saturated heterocycles. The van der Waals surface area contributed by atoms with Gasteiger partial charge in [0.1, 0.15) is 0 Å². The van der Waals surface area contributed by atoms with Gasteiger partial charge in [-0.1, -0.05) is 53.8 Å². The Morgan fingerprint density at radius 3 is 2.81 bits per heavy atom. The summed E-state index contributed by atoms with van der Waals surface area (Å²) in [6.07, 6.45) is 5.10. The number of ketones is 1. The minimum absolute atomic E-state index is 0.0795. The van der Waals surface area contributed by atoms with E-state index in [1.54, 1.807) is 30.5 Å². The van der Waals surface area contributed by atoms with Gasteiger partial charge in [0, 0.05) is 12.1 Å². The minimum Gasteiger partial charge on any atom is -0.341 e. The van der Waals surface area contributed by atoms with Crippen molar-refractivity contribution in [3.8, 4) is 6.07 Å². The maximum absolute atomic E-state index is 12.8. The number of hydrogen-bond donors (Lipinski definition) is 0. The monoisotopic (exact) mass is 373 g/mol. The third-order valence-corrected chi connectivity index (χ3v) is 5.94. The summed E-state index contributed by atoms with van der Waals surface area (Å²) in [6, 6.07) is 19.7. The summed E-state index contributed by atoms with van der Waals surface area (Å²) in [6.45, 7) is 0.949. The van der Waals surface area contributed by atoms with Crippen LogP contribution in [0.25, 0.3) is 0 Å². The van der Waals surface area contributed by atoms with Crippen molar-refractivity contribution >= 4 is 22.3 Å². The summed E-state index contributed by atoms with van der Waals surface area (Å²) in [7, 11) is 0. The molecule has 0 saturated carbocycles. The Hall–Kier alpha value is -2.97. The Labute approximate surface area is 162 Å². The van der Waals surface area contributed by atoms with Crippen LogP contribution in [0.5, 0.6) is 0 Å². The second-order valence-corrected chi connectivity index (χ2v) is 7.65. The van der Waals surface area contributed by atoms with Gasteiger partial charge in [-0.2, -0.15) is 5.26 Å². The zero-order chi connectivity index (χ0) is 18.6. The average molecular weight is 373 g/mol. The highest BCUT2D eigenvalue weighted by Crippen LogP contribution is 2.37. The minimum atomic E-state index is -0.0795. The number of nitriles is 1. The van der Waals surface area contributed by atoms with Gasteiger partial charge < -0.3 is 4.90 Å². The molecule has 2 aromatic carbocycles. The summed E-state index contributed by atoms with van der Waals surface area (Å²) in [5.74, 6) is -0.0795. The lowest BCUT2D eigenvalue weighted by Crippen LogP contribution is -2.33. The third kappa shape index (κ3) is 3.62. The first-order chi connectivity index (χ1) is 13.3. The van der Waals surface area contributed by atoms with Crippen LogP contribution in [0.4, 0.5) is 5.13 Å². The van der Waals surface area contributed by atoms with Crippen molar-refractivity contribution in [1.29, 1.82) is 5.26 Å². The molecule has 0 unspecified atom stereocenters. The van der Waals surface area contributed by atoms with Crippen molar-refractivity contribution in [1.82, 2.24) is 4.98 Å². The first-order valence-electron chi connectivity index (χ1n) is 9.08. The van der Waals surface area contributed by atoms with Gasteiger partial charge in [-0.05, 0) is 37.0 Å². The highest BCUT2D eigenvalue weighted by atomic mass is 32.1. The quantitative estimate of drug-likeness (QED) is 0.605. The zero-order valence-electron chi connectivity index (χ0n) is 14.8. The molecule has 0 bridgehead atoms. The molecule has 4 nitrogen and oxygen atoms in total. The molecular formula is C22H19N3OS. The van der Waals surface area contributed by atoms with Crippen LogP contribution in [0.2, 0.25) is 0 Å². The fourth-order valence-corrected chi connectivity index (χ4v) is 4.51. The van der Waals surface area contributed by atoms with Crippen LogP contribution >= 0.6 is 11.3 Å². The van der Waals surface area contributed by atoms with Gasteiger partial charge in [-0.3, -0.25) is 4.79 Å². The van der Waals surface area contributed by atoms with Gasteiger partial charge in [-0.25, -0.2) is 4.98 Å². The standard InChI is InChI=1S/C22H19N3OS/c23-14-16-7-6-10-18(13-16)21(26)20-15-24-22(27-20)25-12-5-4-11-19(25)17-8-2-1-3-9-17/h1-3,6-10,13,15,19H,4-5,11-12H2/t19-/m0/s1. The maximum atomic E-state index is 12.8. The molecule has 1 aromatic heterocycles. The number of carbonyl (C=O) groups is 1. The van der Waals surface area contributed by atoms with Crippen molar-refractivity contribution in [2.75, 3.05) is 11.4 Å². The van der Waals surface area contributed by atoms with E-state index < -0.39 is 0 Å². The molecule has 0 spiro atoms. The Morgan fingerprint density at radius 2 is 2.00 bits per heavy atom. The van der Waals surface area contributed by atoms with E-state index in [0.717, 1.165) is 24.5 Å². The first kappa shape index (κ1) is 17.4. The lowest BCUT2D eigenvalue weighted by molar-refractivity contribution is 0.104. The topological polar surface area (TPSA) is 57.0 Å². The molecule has 4 rings (SSSR count). The largest absolute Gasteiger partial charge is 0.341 e. The van der Waals surface area contributed by atoms with Crippen LogP contribution in [0, 0.1) is 11.3 Å². The Balaban J connectivity index is 1.61. The van der Waals surface area contributed by atoms with Crippen molar-refractivity contribution in [2.24, 2.45) is 0 Å². The van der Waals surface area contributed by atoms with Crippen LogP contribution in [-0.4, -0.2) is 17.3 Å². The highest BCUT2D eigenvalue weighted by molar-refractivity contribution is 7.17. The van der Waals surface area contributed by atoms with Crippen LogP contribution in [0.1, 0.15) is 51.7 Å². The van der Waals surface area contributed by atoms with Gasteiger partial charge in [0.15, 0.2) is 5.13 Å². The third-order valence-electron chi connectivity index (χ3n) is 4.90. The number of benzene rings is 2. The molecule has 0 aliphatic carbocycles. The molecule has 27 heavy (non-hydrogen) atoms. The molecule has 5 heteroatoms. The summed E-state index contributed by atoms with van der Waals surface area (Å²) in [4.78, 5) is 20.3. The average Bonchev–Trinajstić information content (AvgIpc) is 3.24. The van der Waals surface area contributed by atoms with Crippen molar-refractivity contribution < 1.29 is 4.79 Å². The molecular weight excluding hydrogens is 354 g/mol. The first-order valence-corrected chi connectivity index (χ1v) is 9.90. The Bertz CT molecular complexity index is 990. The highest BCUT2D eigenvalue weighted by Gasteiger charge is 2.27. The van der Waals surface area contributed by atoms with E-state index >= 15 is 0 Å². The van der Waals surface area contributed by atoms with E-state index in [2.05, 4.69) is 40.2 Å². The number of aromatic nitrogens is 1. The van der Waals surface area contributed by atoms with Gasteiger partial charge in [0.25, 0.3) is 0 Å². The number of piperidine rings is 1. The molecule has 0 N–H and O–H groups in total. The smallest absolute Gasteiger partial charge is 0.204 e. The summed E-state index contributed by atoms with van der Waals surface area (Å²) in [5, 5.41) is 9.94. The summed E-state index contributed by atoms with van der Waals surface area (Å²) >= 11 is 1.44. The van der Waals surface area contributed by atoms with Gasteiger partial charge >= 0.3 is 0 Å². The second kappa shape index (κ2) is 7.73. The molecule has 1 atom stereocenters. The SMILES string of the molecule is N#Cc1cccc(C(=O)c2cnc(N3CCCC[C@H]3c3ccccc3)s2)c1. The van der Waals surface area contributed by atoms with Gasteiger partial charge in [0.05, 0.1) is 28.7 Å². The molecule has 3 aromatic rings. The number of thiazole rings is 1. The van der Waals surface area contributed by atoms with Crippen molar-refractivity contribution in [3.05, 3.63) is 82.4 Å². The van der Waals surface area contributed by atoms with E-state index in [4.69, 9.17) is 5.26 Å². The van der Waals surface area contributed by atoms with Gasteiger partial charge in [0.2, 0.25) is 5.78 Å². The molecule has 0 amide bonds. The maximum Gasteiger partial charge on any atom is 0.204 e. The molecule has 1 fully saturated rings. The van der Waals surface area contributed by atoms with Crippen LogP contribution in [0.3, 0.4) is 0 Å². The lowest BCUT2D eigenvalue weighted by atomic mass is 9.96. The predicted molar refractivity (Wildman–Crippen MR) is 107 cm³/mol. The van der Waals surface area contributed by atoms with E-state index in [0.29, 0.717) is 22.0 Å². The van der Waals surface area contributed by atoms with Crippen LogP contribution < -0.4 is 4.90 Å². The van der Waals surface area contributed by atoms with E-state index in [1.165, 1.54) is 23.3 Å². The normalized spacial score (nSPS) is 16.7. The van der Waals surface area contributed by atoms with Gasteiger partial charge in [-0.15, -0.1) is 0 Å². The number of carbonyl (C=O) groups excluding carboxylic acids is 1. The van der Waals surface area contributed by atoms with E-state index in [9.17, 15) is 4.79 Å². The Kier molecular flexibility index (Phi) is 4.99. The van der Waals surface area contributed by atoms with Crippen molar-refractivity contribution in [3.63, 3.8) is 0 Å². The molecule has 0 radical (unpaired) electrons. The predicted octanol–water partition coefficient (Wildman–Crippen LogP) is 4.98. The van der Waals surface area contributed by atoms with Crippen LogP contribution in [0.15, 0.2) is 60.8 Å². The molecule has 1 aliphatic rings. The second-order valence-electron chi connectivity index (χ2n) is 6.64. The van der Waals surface area contributed by atoms with E-state index in [1.807, 2.05) is 6.07 Å². The Morgan fingerprint density at radius 1 is 1.15 bits per heavy atom. The number of rotatable bonds is 4. The fraction of sp³-hybridized carbons (Fsp3) is 0.227.